The monoisotopic (exact) mass is 394 g/mol. The Labute approximate surface area is 164 Å². The van der Waals surface area contributed by atoms with E-state index < -0.39 is 10.8 Å². The lowest BCUT2D eigenvalue weighted by molar-refractivity contribution is -0.116. The van der Waals surface area contributed by atoms with Gasteiger partial charge in [-0.15, -0.1) is 12.4 Å². The van der Waals surface area contributed by atoms with Crippen molar-refractivity contribution in [3.8, 4) is 0 Å². The van der Waals surface area contributed by atoms with Gasteiger partial charge in [0.15, 0.2) is 0 Å². The Hall–Kier alpha value is -1.69. The van der Waals surface area contributed by atoms with E-state index in [1.165, 1.54) is 0 Å². The Morgan fingerprint density at radius 1 is 0.962 bits per heavy atom. The fourth-order valence-electron chi connectivity index (χ4n) is 2.55. The molecule has 2 rings (SSSR count). The van der Waals surface area contributed by atoms with Crippen LogP contribution >= 0.6 is 12.4 Å². The van der Waals surface area contributed by atoms with E-state index in [1.54, 1.807) is 0 Å². The van der Waals surface area contributed by atoms with Crippen molar-refractivity contribution in [2.75, 3.05) is 11.9 Å². The summed E-state index contributed by atoms with van der Waals surface area (Å²) in [5.41, 5.74) is 7.16. The molecule has 0 aromatic heterocycles. The van der Waals surface area contributed by atoms with Gasteiger partial charge in [0.1, 0.15) is 0 Å². The molecule has 0 saturated carbocycles. The molecule has 26 heavy (non-hydrogen) atoms. The molecule has 1 atom stereocenters. The second-order valence-electron chi connectivity index (χ2n) is 6.00. The largest absolute Gasteiger partial charge is 0.330 e. The molecular formula is C20H27ClN2O2S. The lowest BCUT2D eigenvalue weighted by atomic mass is 10.1. The smallest absolute Gasteiger partial charge is 0.224 e. The van der Waals surface area contributed by atoms with Gasteiger partial charge >= 0.3 is 0 Å². The second-order valence-corrected chi connectivity index (χ2v) is 7.46. The average molecular weight is 395 g/mol. The summed E-state index contributed by atoms with van der Waals surface area (Å²) >= 11 is 0. The molecule has 0 spiro atoms. The summed E-state index contributed by atoms with van der Waals surface area (Å²) in [5, 5.41) is 2.92. The molecule has 0 aliphatic carbocycles. The van der Waals surface area contributed by atoms with Gasteiger partial charge in [-0.3, -0.25) is 9.00 Å². The first-order valence-corrected chi connectivity index (χ1v) is 10.0. The molecule has 0 bridgehead atoms. The topological polar surface area (TPSA) is 72.2 Å². The highest BCUT2D eigenvalue weighted by Gasteiger charge is 2.07. The van der Waals surface area contributed by atoms with Crippen LogP contribution in [-0.2, 0) is 21.3 Å². The highest BCUT2D eigenvalue weighted by Crippen LogP contribution is 2.16. The van der Waals surface area contributed by atoms with Gasteiger partial charge in [0.25, 0.3) is 0 Å². The molecule has 2 aromatic rings. The Morgan fingerprint density at radius 3 is 2.42 bits per heavy atom. The van der Waals surface area contributed by atoms with Crippen molar-refractivity contribution in [3.05, 3.63) is 60.2 Å². The highest BCUT2D eigenvalue weighted by atomic mass is 35.5. The quantitative estimate of drug-likeness (QED) is 0.591. The van der Waals surface area contributed by atoms with E-state index in [4.69, 9.17) is 5.73 Å². The zero-order valence-electron chi connectivity index (χ0n) is 14.9. The van der Waals surface area contributed by atoms with Crippen LogP contribution in [0.5, 0.6) is 0 Å². The van der Waals surface area contributed by atoms with E-state index >= 15 is 0 Å². The molecule has 1 amide bonds. The Bertz CT molecular complexity index is 695. The van der Waals surface area contributed by atoms with E-state index in [0.29, 0.717) is 18.7 Å². The number of benzene rings is 2. The van der Waals surface area contributed by atoms with Gasteiger partial charge in [-0.2, -0.15) is 0 Å². The molecule has 0 aliphatic rings. The minimum absolute atomic E-state index is 0. The van der Waals surface area contributed by atoms with Gasteiger partial charge in [0.2, 0.25) is 5.91 Å². The van der Waals surface area contributed by atoms with E-state index in [1.807, 2.05) is 54.6 Å². The first-order valence-electron chi connectivity index (χ1n) is 8.71. The normalized spacial score (nSPS) is 11.4. The third-order valence-corrected chi connectivity index (χ3v) is 5.27. The van der Waals surface area contributed by atoms with Crippen molar-refractivity contribution in [2.24, 2.45) is 5.73 Å². The van der Waals surface area contributed by atoms with Crippen LogP contribution in [-0.4, -0.2) is 16.7 Å². The summed E-state index contributed by atoms with van der Waals surface area (Å²) in [6, 6.07) is 17.0. The molecule has 4 nitrogen and oxygen atoms in total. The van der Waals surface area contributed by atoms with Crippen molar-refractivity contribution in [3.63, 3.8) is 0 Å². The highest BCUT2D eigenvalue weighted by molar-refractivity contribution is 7.84. The summed E-state index contributed by atoms with van der Waals surface area (Å²) in [6.45, 7) is 0.712. The number of carbonyl (C=O) groups is 1. The van der Waals surface area contributed by atoms with Crippen LogP contribution in [0.1, 0.15) is 37.7 Å². The number of anilines is 1. The van der Waals surface area contributed by atoms with Crippen LogP contribution in [0.15, 0.2) is 59.5 Å². The summed E-state index contributed by atoms with van der Waals surface area (Å²) in [6.07, 6.45) is 4.52. The molecule has 6 heteroatoms. The van der Waals surface area contributed by atoms with Gasteiger partial charge in [0.05, 0.1) is 16.6 Å². The van der Waals surface area contributed by atoms with Crippen molar-refractivity contribution < 1.29 is 9.00 Å². The maximum absolute atomic E-state index is 12.4. The lowest BCUT2D eigenvalue weighted by Crippen LogP contribution is -2.11. The Morgan fingerprint density at radius 2 is 1.69 bits per heavy atom. The van der Waals surface area contributed by atoms with Crippen LogP contribution in [0.2, 0.25) is 0 Å². The number of halogens is 1. The summed E-state index contributed by atoms with van der Waals surface area (Å²) < 4.78 is 12.4. The Kier molecular flexibility index (Phi) is 10.9. The number of hydrogen-bond donors (Lipinski definition) is 2. The number of rotatable bonds is 10. The minimum atomic E-state index is -1.09. The van der Waals surface area contributed by atoms with Gasteiger partial charge in [0, 0.05) is 17.0 Å². The number of nitrogens with one attached hydrogen (secondary N) is 1. The fraction of sp³-hybridized carbons (Fsp3) is 0.350. The fourth-order valence-corrected chi connectivity index (χ4v) is 3.66. The molecular weight excluding hydrogens is 368 g/mol. The molecule has 0 heterocycles. The molecule has 2 aromatic carbocycles. The standard InChI is InChI=1S/C20H26N2O2S.ClH/c21-14-7-2-1-6-13-20(23)22-18-10-8-9-17(15-18)16-25(24)19-11-4-3-5-12-19;/h3-5,8-12,15H,1-2,6-7,13-14,16,21H2,(H,22,23);1H. The number of nitrogens with two attached hydrogens (primary N) is 1. The third-order valence-electron chi connectivity index (χ3n) is 3.87. The van der Waals surface area contributed by atoms with Crippen molar-refractivity contribution >= 4 is 34.8 Å². The lowest BCUT2D eigenvalue weighted by Gasteiger charge is -2.08. The summed E-state index contributed by atoms with van der Waals surface area (Å²) in [7, 11) is -1.09. The van der Waals surface area contributed by atoms with Gasteiger partial charge < -0.3 is 11.1 Å². The van der Waals surface area contributed by atoms with Crippen LogP contribution in [0.25, 0.3) is 0 Å². The first-order chi connectivity index (χ1) is 12.2. The molecule has 1 unspecified atom stereocenters. The molecule has 3 N–H and O–H groups in total. The van der Waals surface area contributed by atoms with Crippen molar-refractivity contribution in [2.45, 2.75) is 42.8 Å². The molecule has 0 radical (unpaired) electrons. The molecule has 0 saturated heterocycles. The number of amides is 1. The summed E-state index contributed by atoms with van der Waals surface area (Å²) in [5.74, 6) is 0.460. The SMILES string of the molecule is Cl.NCCCCCCC(=O)Nc1cccc(CS(=O)c2ccccc2)c1. The summed E-state index contributed by atoms with van der Waals surface area (Å²) in [4.78, 5) is 12.8. The minimum Gasteiger partial charge on any atom is -0.330 e. The third kappa shape index (κ3) is 8.13. The maximum atomic E-state index is 12.4. The van der Waals surface area contributed by atoms with Crippen LogP contribution in [0.4, 0.5) is 5.69 Å². The molecule has 142 valence electrons. The van der Waals surface area contributed by atoms with Crippen molar-refractivity contribution in [1.82, 2.24) is 0 Å². The van der Waals surface area contributed by atoms with Crippen LogP contribution in [0, 0.1) is 0 Å². The van der Waals surface area contributed by atoms with E-state index in [9.17, 15) is 9.00 Å². The maximum Gasteiger partial charge on any atom is 0.224 e. The first kappa shape index (κ1) is 22.4. The van der Waals surface area contributed by atoms with Gasteiger partial charge in [-0.1, -0.05) is 43.2 Å². The number of unbranched alkanes of at least 4 members (excludes halogenated alkanes) is 3. The van der Waals surface area contributed by atoms with Crippen molar-refractivity contribution in [1.29, 1.82) is 0 Å². The zero-order chi connectivity index (χ0) is 17.9. The zero-order valence-corrected chi connectivity index (χ0v) is 16.5. The predicted molar refractivity (Wildman–Crippen MR) is 111 cm³/mol. The average Bonchev–Trinajstić information content (AvgIpc) is 2.62. The van der Waals surface area contributed by atoms with Gasteiger partial charge in [-0.05, 0) is 49.2 Å². The number of hydrogen-bond acceptors (Lipinski definition) is 3. The molecule has 0 fully saturated rings. The Balaban J connectivity index is 0.00000338. The second kappa shape index (κ2) is 12.6. The van der Waals surface area contributed by atoms with E-state index in [2.05, 4.69) is 5.32 Å². The van der Waals surface area contributed by atoms with E-state index in [0.717, 1.165) is 41.8 Å². The van der Waals surface area contributed by atoms with Crippen LogP contribution < -0.4 is 11.1 Å². The van der Waals surface area contributed by atoms with Crippen LogP contribution in [0.3, 0.4) is 0 Å². The van der Waals surface area contributed by atoms with E-state index in [-0.39, 0.29) is 18.3 Å². The number of carbonyl (C=O) groups excluding carboxylic acids is 1. The molecule has 0 aliphatic heterocycles. The van der Waals surface area contributed by atoms with Gasteiger partial charge in [-0.25, -0.2) is 0 Å². The predicted octanol–water partition coefficient (Wildman–Crippen LogP) is 4.26.